The fourth-order valence-corrected chi connectivity index (χ4v) is 3.05. The van der Waals surface area contributed by atoms with E-state index in [0.29, 0.717) is 43.4 Å². The van der Waals surface area contributed by atoms with E-state index >= 15 is 0 Å². The lowest BCUT2D eigenvalue weighted by Crippen LogP contribution is -2.27. The van der Waals surface area contributed by atoms with Crippen molar-refractivity contribution in [2.45, 2.75) is 13.0 Å². The van der Waals surface area contributed by atoms with Gasteiger partial charge in [0.05, 0.1) is 11.8 Å². The van der Waals surface area contributed by atoms with Crippen LogP contribution in [0.15, 0.2) is 48.5 Å². The summed E-state index contributed by atoms with van der Waals surface area (Å²) in [4.78, 5) is 24.6. The molecule has 6 nitrogen and oxygen atoms in total. The molecule has 0 radical (unpaired) electrons. The minimum Gasteiger partial charge on any atom is -0.486 e. The number of benzene rings is 2. The maximum Gasteiger partial charge on any atom is 0.228 e. The summed E-state index contributed by atoms with van der Waals surface area (Å²) in [6.45, 7) is 1.50. The molecule has 2 atom stereocenters. The third-order valence-corrected chi connectivity index (χ3v) is 4.58. The summed E-state index contributed by atoms with van der Waals surface area (Å²) in [5.41, 5.74) is 1.69. The van der Waals surface area contributed by atoms with Gasteiger partial charge in [-0.15, -0.1) is 0 Å². The fraction of sp³-hybridized carbons (Fsp3) is 0.300. The number of hydrogen-bond donors (Lipinski definition) is 2. The molecular formula is C20H20N2O4. The average Bonchev–Trinajstić information content (AvgIpc) is 3.48. The summed E-state index contributed by atoms with van der Waals surface area (Å²) in [6, 6.07) is 15.0. The van der Waals surface area contributed by atoms with Gasteiger partial charge in [0, 0.05) is 18.3 Å². The lowest BCUT2D eigenvalue weighted by atomic mass is 10.2. The van der Waals surface area contributed by atoms with Crippen molar-refractivity contribution in [3.63, 3.8) is 0 Å². The van der Waals surface area contributed by atoms with E-state index in [0.717, 1.165) is 5.56 Å². The van der Waals surface area contributed by atoms with Gasteiger partial charge in [0.15, 0.2) is 11.5 Å². The van der Waals surface area contributed by atoms with Gasteiger partial charge < -0.3 is 20.1 Å². The number of nitrogens with one attached hydrogen (secondary N) is 2. The van der Waals surface area contributed by atoms with Crippen LogP contribution in [0, 0.1) is 11.8 Å². The molecule has 0 spiro atoms. The Morgan fingerprint density at radius 1 is 0.923 bits per heavy atom. The molecule has 1 aliphatic carbocycles. The summed E-state index contributed by atoms with van der Waals surface area (Å²) < 4.78 is 11.0. The second-order valence-corrected chi connectivity index (χ2v) is 6.50. The van der Waals surface area contributed by atoms with Crippen LogP contribution in [0.1, 0.15) is 12.0 Å². The van der Waals surface area contributed by atoms with Crippen molar-refractivity contribution in [3.8, 4) is 11.5 Å². The molecule has 2 aromatic rings. The van der Waals surface area contributed by atoms with Gasteiger partial charge >= 0.3 is 0 Å². The Hall–Kier alpha value is -3.02. The molecule has 1 aliphatic heterocycles. The normalized spacial score (nSPS) is 20.2. The van der Waals surface area contributed by atoms with Crippen molar-refractivity contribution >= 4 is 17.5 Å². The zero-order chi connectivity index (χ0) is 17.9. The molecule has 2 unspecified atom stereocenters. The van der Waals surface area contributed by atoms with Crippen LogP contribution in [0.3, 0.4) is 0 Å². The maximum absolute atomic E-state index is 12.4. The molecule has 6 heteroatoms. The Bertz CT molecular complexity index is 822. The second kappa shape index (κ2) is 7.07. The molecule has 1 heterocycles. The summed E-state index contributed by atoms with van der Waals surface area (Å²) in [6.07, 6.45) is 0.580. The average molecular weight is 352 g/mol. The van der Waals surface area contributed by atoms with Crippen molar-refractivity contribution < 1.29 is 19.1 Å². The Morgan fingerprint density at radius 3 is 2.46 bits per heavy atom. The molecule has 2 aromatic carbocycles. The Balaban J connectivity index is 1.29. The largest absolute Gasteiger partial charge is 0.486 e. The predicted octanol–water partition coefficient (Wildman–Crippen LogP) is 2.35. The highest BCUT2D eigenvalue weighted by Crippen LogP contribution is 2.40. The van der Waals surface area contributed by atoms with Crippen LogP contribution < -0.4 is 20.1 Å². The number of rotatable bonds is 5. The zero-order valence-electron chi connectivity index (χ0n) is 14.2. The number of anilines is 1. The van der Waals surface area contributed by atoms with Gasteiger partial charge in [-0.05, 0) is 24.1 Å². The Labute approximate surface area is 151 Å². The van der Waals surface area contributed by atoms with Crippen molar-refractivity contribution in [3.05, 3.63) is 54.1 Å². The predicted molar refractivity (Wildman–Crippen MR) is 95.9 cm³/mol. The van der Waals surface area contributed by atoms with Gasteiger partial charge in [-0.1, -0.05) is 30.3 Å². The van der Waals surface area contributed by atoms with Crippen LogP contribution in [0.25, 0.3) is 0 Å². The first kappa shape index (κ1) is 16.4. The standard InChI is InChI=1S/C20H20N2O4/c23-19(21-12-13-4-2-1-3-5-13)15-11-16(15)20(24)22-14-6-7-17-18(10-14)26-9-8-25-17/h1-7,10,15-16H,8-9,11-12H2,(H,21,23)(H,22,24). The highest BCUT2D eigenvalue weighted by molar-refractivity contribution is 5.99. The van der Waals surface area contributed by atoms with E-state index in [1.807, 2.05) is 30.3 Å². The lowest BCUT2D eigenvalue weighted by Gasteiger charge is -2.19. The van der Waals surface area contributed by atoms with Crippen LogP contribution >= 0.6 is 0 Å². The molecular weight excluding hydrogens is 332 g/mol. The van der Waals surface area contributed by atoms with E-state index < -0.39 is 0 Å². The van der Waals surface area contributed by atoms with Crippen LogP contribution in [-0.4, -0.2) is 25.0 Å². The van der Waals surface area contributed by atoms with Gasteiger partial charge in [-0.3, -0.25) is 9.59 Å². The first-order valence-corrected chi connectivity index (χ1v) is 8.73. The molecule has 134 valence electrons. The molecule has 2 amide bonds. The van der Waals surface area contributed by atoms with Crippen molar-refractivity contribution in [2.24, 2.45) is 11.8 Å². The quantitative estimate of drug-likeness (QED) is 0.866. The fourth-order valence-electron chi connectivity index (χ4n) is 3.05. The molecule has 0 aromatic heterocycles. The third kappa shape index (κ3) is 3.64. The van der Waals surface area contributed by atoms with Crippen LogP contribution in [0.2, 0.25) is 0 Å². The monoisotopic (exact) mass is 352 g/mol. The number of fused-ring (bicyclic) bond motifs is 1. The van der Waals surface area contributed by atoms with E-state index in [1.165, 1.54) is 0 Å². The summed E-state index contributed by atoms with van der Waals surface area (Å²) in [5, 5.41) is 5.75. The summed E-state index contributed by atoms with van der Waals surface area (Å²) >= 11 is 0. The molecule has 0 bridgehead atoms. The van der Waals surface area contributed by atoms with Gasteiger partial charge in [-0.2, -0.15) is 0 Å². The smallest absolute Gasteiger partial charge is 0.228 e. The van der Waals surface area contributed by atoms with Crippen LogP contribution in [0.4, 0.5) is 5.69 Å². The highest BCUT2D eigenvalue weighted by Gasteiger charge is 2.47. The molecule has 2 N–H and O–H groups in total. The number of amides is 2. The van der Waals surface area contributed by atoms with Gasteiger partial charge in [0.25, 0.3) is 0 Å². The van der Waals surface area contributed by atoms with Gasteiger partial charge in [0.2, 0.25) is 11.8 Å². The molecule has 26 heavy (non-hydrogen) atoms. The summed E-state index contributed by atoms with van der Waals surface area (Å²) in [7, 11) is 0. The van der Waals surface area contributed by atoms with Crippen molar-refractivity contribution in [1.82, 2.24) is 5.32 Å². The minimum absolute atomic E-state index is 0.0730. The Kier molecular flexibility index (Phi) is 4.48. The van der Waals surface area contributed by atoms with E-state index in [9.17, 15) is 9.59 Å². The third-order valence-electron chi connectivity index (χ3n) is 4.58. The number of carbonyl (C=O) groups is 2. The minimum atomic E-state index is -0.279. The topological polar surface area (TPSA) is 76.7 Å². The number of hydrogen-bond acceptors (Lipinski definition) is 4. The van der Waals surface area contributed by atoms with Gasteiger partial charge in [0.1, 0.15) is 13.2 Å². The zero-order valence-corrected chi connectivity index (χ0v) is 14.2. The van der Waals surface area contributed by atoms with E-state index in [1.54, 1.807) is 18.2 Å². The number of carbonyl (C=O) groups excluding carboxylic acids is 2. The van der Waals surface area contributed by atoms with Crippen molar-refractivity contribution in [2.75, 3.05) is 18.5 Å². The van der Waals surface area contributed by atoms with E-state index in [2.05, 4.69) is 10.6 Å². The molecule has 2 aliphatic rings. The van der Waals surface area contributed by atoms with E-state index in [4.69, 9.17) is 9.47 Å². The van der Waals surface area contributed by atoms with Crippen molar-refractivity contribution in [1.29, 1.82) is 0 Å². The second-order valence-electron chi connectivity index (χ2n) is 6.50. The molecule has 4 rings (SSSR count). The van der Waals surface area contributed by atoms with Gasteiger partial charge in [-0.25, -0.2) is 0 Å². The van der Waals surface area contributed by atoms with Crippen LogP contribution in [-0.2, 0) is 16.1 Å². The highest BCUT2D eigenvalue weighted by atomic mass is 16.6. The van der Waals surface area contributed by atoms with Crippen LogP contribution in [0.5, 0.6) is 11.5 Å². The molecule has 1 saturated carbocycles. The lowest BCUT2D eigenvalue weighted by molar-refractivity contribution is -0.125. The van der Waals surface area contributed by atoms with E-state index in [-0.39, 0.29) is 23.7 Å². The number of ether oxygens (including phenoxy) is 2. The Morgan fingerprint density at radius 2 is 1.65 bits per heavy atom. The first-order chi connectivity index (χ1) is 12.7. The summed E-state index contributed by atoms with van der Waals surface area (Å²) in [5.74, 6) is 0.563. The molecule has 0 saturated heterocycles. The SMILES string of the molecule is O=C(NCc1ccccc1)C1CC1C(=O)Nc1ccc2c(c1)OCCO2. The molecule has 1 fully saturated rings. The first-order valence-electron chi connectivity index (χ1n) is 8.73. The maximum atomic E-state index is 12.4.